The fraction of sp³-hybridized carbons (Fsp3) is 0.240. The van der Waals surface area contributed by atoms with Crippen LogP contribution in [-0.2, 0) is 6.42 Å². The molecule has 3 aromatic carbocycles. The van der Waals surface area contributed by atoms with E-state index in [1.54, 1.807) is 0 Å². The lowest BCUT2D eigenvalue weighted by molar-refractivity contribution is 0.0638. The molecule has 1 saturated heterocycles. The molecule has 5 rings (SSSR count). The molecule has 2 heterocycles. The van der Waals surface area contributed by atoms with Crippen molar-refractivity contribution in [3.05, 3.63) is 83.9 Å². The molecule has 0 spiro atoms. The molecule has 4 heteroatoms. The maximum Gasteiger partial charge on any atom is 0.253 e. The van der Waals surface area contributed by atoms with Crippen LogP contribution in [0, 0.1) is 0 Å². The Morgan fingerprint density at radius 3 is 2.34 bits per heavy atom. The molecule has 0 atom stereocenters. The summed E-state index contributed by atoms with van der Waals surface area (Å²) in [5.74, 6) is 0.139. The number of fused-ring (bicyclic) bond motifs is 3. The largest absolute Gasteiger partial charge is 0.355 e. The molecule has 29 heavy (non-hydrogen) atoms. The van der Waals surface area contributed by atoms with Gasteiger partial charge in [0.05, 0.1) is 0 Å². The maximum atomic E-state index is 13.1. The topological polar surface area (TPSA) is 39.3 Å². The third-order valence-corrected chi connectivity index (χ3v) is 5.97. The normalized spacial score (nSPS) is 15.2. The predicted octanol–water partition coefficient (Wildman–Crippen LogP) is 4.32. The van der Waals surface area contributed by atoms with Crippen LogP contribution in [0.15, 0.2) is 72.8 Å². The number of rotatable bonds is 4. The monoisotopic (exact) mass is 383 g/mol. The number of aromatic nitrogens is 1. The van der Waals surface area contributed by atoms with Crippen LogP contribution < -0.4 is 0 Å². The number of hydrogen-bond donors (Lipinski definition) is 1. The SMILES string of the molecule is O=C(c1ccc2[nH]c3ccccc3c2c1)N1CCN(CCc2ccccc2)CC1. The van der Waals surface area contributed by atoms with Crippen LogP contribution >= 0.6 is 0 Å². The third kappa shape index (κ3) is 3.64. The zero-order valence-corrected chi connectivity index (χ0v) is 16.5. The number of piperazine rings is 1. The highest BCUT2D eigenvalue weighted by atomic mass is 16.2. The Kier molecular flexibility index (Phi) is 4.78. The van der Waals surface area contributed by atoms with Gasteiger partial charge in [-0.05, 0) is 36.2 Å². The minimum Gasteiger partial charge on any atom is -0.355 e. The molecule has 4 aromatic rings. The van der Waals surface area contributed by atoms with Crippen molar-refractivity contribution in [1.82, 2.24) is 14.8 Å². The van der Waals surface area contributed by atoms with Gasteiger partial charge in [0.25, 0.3) is 5.91 Å². The average Bonchev–Trinajstić information content (AvgIpc) is 3.16. The molecule has 1 aliphatic heterocycles. The van der Waals surface area contributed by atoms with Gasteiger partial charge in [0.15, 0.2) is 0 Å². The molecule has 4 nitrogen and oxygen atoms in total. The molecule has 0 unspecified atom stereocenters. The van der Waals surface area contributed by atoms with Crippen LogP contribution in [0.4, 0.5) is 0 Å². The summed E-state index contributed by atoms with van der Waals surface area (Å²) in [4.78, 5) is 21.0. The van der Waals surface area contributed by atoms with Gasteiger partial charge in [-0.1, -0.05) is 48.5 Å². The summed E-state index contributed by atoms with van der Waals surface area (Å²) < 4.78 is 0. The van der Waals surface area contributed by atoms with E-state index in [9.17, 15) is 4.79 Å². The Balaban J connectivity index is 1.25. The van der Waals surface area contributed by atoms with Gasteiger partial charge in [0.1, 0.15) is 0 Å². The van der Waals surface area contributed by atoms with Crippen molar-refractivity contribution in [3.8, 4) is 0 Å². The molecule has 1 aliphatic rings. The van der Waals surface area contributed by atoms with Gasteiger partial charge < -0.3 is 9.88 Å². The molecule has 1 amide bonds. The van der Waals surface area contributed by atoms with E-state index in [1.165, 1.54) is 10.9 Å². The van der Waals surface area contributed by atoms with E-state index in [2.05, 4.69) is 52.3 Å². The van der Waals surface area contributed by atoms with E-state index in [1.807, 2.05) is 35.2 Å². The first kappa shape index (κ1) is 18.0. The molecule has 146 valence electrons. The molecule has 0 radical (unpaired) electrons. The van der Waals surface area contributed by atoms with Crippen molar-refractivity contribution in [2.75, 3.05) is 32.7 Å². The summed E-state index contributed by atoms with van der Waals surface area (Å²) in [7, 11) is 0. The summed E-state index contributed by atoms with van der Waals surface area (Å²) in [5, 5.41) is 2.29. The number of nitrogens with one attached hydrogen (secondary N) is 1. The van der Waals surface area contributed by atoms with Crippen molar-refractivity contribution in [1.29, 1.82) is 0 Å². The van der Waals surface area contributed by atoms with Gasteiger partial charge in [-0.25, -0.2) is 0 Å². The summed E-state index contributed by atoms with van der Waals surface area (Å²) >= 11 is 0. The number of para-hydroxylation sites is 1. The molecule has 1 N–H and O–H groups in total. The summed E-state index contributed by atoms with van der Waals surface area (Å²) in [5.41, 5.74) is 4.34. The zero-order valence-electron chi connectivity index (χ0n) is 16.5. The number of hydrogen-bond acceptors (Lipinski definition) is 2. The summed E-state index contributed by atoms with van der Waals surface area (Å²) in [6, 6.07) is 24.9. The first-order chi connectivity index (χ1) is 14.3. The first-order valence-corrected chi connectivity index (χ1v) is 10.3. The lowest BCUT2D eigenvalue weighted by Gasteiger charge is -2.34. The van der Waals surface area contributed by atoms with Crippen LogP contribution in [0.1, 0.15) is 15.9 Å². The number of carbonyl (C=O) groups excluding carboxylic acids is 1. The van der Waals surface area contributed by atoms with E-state index < -0.39 is 0 Å². The van der Waals surface area contributed by atoms with Crippen molar-refractivity contribution < 1.29 is 4.79 Å². The van der Waals surface area contributed by atoms with E-state index in [0.717, 1.165) is 61.1 Å². The second-order valence-electron chi connectivity index (χ2n) is 7.80. The quantitative estimate of drug-likeness (QED) is 0.570. The maximum absolute atomic E-state index is 13.1. The Morgan fingerprint density at radius 1 is 0.793 bits per heavy atom. The second kappa shape index (κ2) is 7.72. The van der Waals surface area contributed by atoms with Crippen molar-refractivity contribution in [2.24, 2.45) is 0 Å². The highest BCUT2D eigenvalue weighted by molar-refractivity contribution is 6.09. The fourth-order valence-electron chi connectivity index (χ4n) is 4.27. The average molecular weight is 383 g/mol. The zero-order chi connectivity index (χ0) is 19.6. The number of amides is 1. The van der Waals surface area contributed by atoms with Crippen LogP contribution in [0.25, 0.3) is 21.8 Å². The van der Waals surface area contributed by atoms with E-state index in [4.69, 9.17) is 0 Å². The van der Waals surface area contributed by atoms with Crippen molar-refractivity contribution in [2.45, 2.75) is 6.42 Å². The minimum absolute atomic E-state index is 0.139. The highest BCUT2D eigenvalue weighted by Gasteiger charge is 2.22. The fourth-order valence-corrected chi connectivity index (χ4v) is 4.27. The summed E-state index contributed by atoms with van der Waals surface area (Å²) in [6.45, 7) is 4.51. The van der Waals surface area contributed by atoms with Crippen molar-refractivity contribution in [3.63, 3.8) is 0 Å². The van der Waals surface area contributed by atoms with Gasteiger partial charge in [0, 0.05) is 60.1 Å². The number of carbonyl (C=O) groups is 1. The number of H-pyrrole nitrogens is 1. The molecule has 0 saturated carbocycles. The van der Waals surface area contributed by atoms with Crippen LogP contribution in [0.5, 0.6) is 0 Å². The number of aromatic amines is 1. The Bertz CT molecular complexity index is 1140. The standard InChI is InChI=1S/C25H25N3O/c29-25(20-10-11-24-22(18-20)21-8-4-5-9-23(21)26-24)28-16-14-27(15-17-28)13-12-19-6-2-1-3-7-19/h1-11,18,26H,12-17H2. The van der Waals surface area contributed by atoms with Gasteiger partial charge in [-0.15, -0.1) is 0 Å². The van der Waals surface area contributed by atoms with Gasteiger partial charge in [-0.3, -0.25) is 9.69 Å². The molecular weight excluding hydrogens is 358 g/mol. The lowest BCUT2D eigenvalue weighted by Crippen LogP contribution is -2.49. The molecule has 1 aromatic heterocycles. The molecule has 1 fully saturated rings. The Hall–Kier alpha value is -3.11. The van der Waals surface area contributed by atoms with E-state index in [-0.39, 0.29) is 5.91 Å². The van der Waals surface area contributed by atoms with Gasteiger partial charge in [0.2, 0.25) is 0 Å². The van der Waals surface area contributed by atoms with Crippen LogP contribution in [-0.4, -0.2) is 53.4 Å². The highest BCUT2D eigenvalue weighted by Crippen LogP contribution is 2.26. The van der Waals surface area contributed by atoms with Gasteiger partial charge >= 0.3 is 0 Å². The molecule has 0 aliphatic carbocycles. The first-order valence-electron chi connectivity index (χ1n) is 10.3. The molecular formula is C25H25N3O. The number of benzene rings is 3. The molecule has 0 bridgehead atoms. The van der Waals surface area contributed by atoms with Crippen LogP contribution in [0.2, 0.25) is 0 Å². The van der Waals surface area contributed by atoms with E-state index >= 15 is 0 Å². The third-order valence-electron chi connectivity index (χ3n) is 5.97. The van der Waals surface area contributed by atoms with Crippen molar-refractivity contribution >= 4 is 27.7 Å². The number of nitrogens with zero attached hydrogens (tertiary/aromatic N) is 2. The van der Waals surface area contributed by atoms with Crippen LogP contribution in [0.3, 0.4) is 0 Å². The lowest BCUT2D eigenvalue weighted by atomic mass is 10.1. The second-order valence-corrected chi connectivity index (χ2v) is 7.80. The Labute approximate surface area is 170 Å². The van der Waals surface area contributed by atoms with E-state index in [0.29, 0.717) is 0 Å². The smallest absolute Gasteiger partial charge is 0.253 e. The Morgan fingerprint density at radius 2 is 1.52 bits per heavy atom. The summed E-state index contributed by atoms with van der Waals surface area (Å²) in [6.07, 6.45) is 1.06. The van der Waals surface area contributed by atoms with Gasteiger partial charge in [-0.2, -0.15) is 0 Å². The predicted molar refractivity (Wildman–Crippen MR) is 118 cm³/mol. The minimum atomic E-state index is 0.139.